The van der Waals surface area contributed by atoms with E-state index < -0.39 is 38.8 Å². The highest BCUT2D eigenvalue weighted by molar-refractivity contribution is 7.92. The molecule has 0 saturated carbocycles. The fourth-order valence-electron chi connectivity index (χ4n) is 3.35. The van der Waals surface area contributed by atoms with E-state index in [9.17, 15) is 22.4 Å². The Kier molecular flexibility index (Phi) is 6.39. The van der Waals surface area contributed by atoms with E-state index in [0.29, 0.717) is 0 Å². The summed E-state index contributed by atoms with van der Waals surface area (Å²) in [4.78, 5) is 26.6. The van der Waals surface area contributed by atoms with Crippen LogP contribution in [0.3, 0.4) is 0 Å². The molecular weight excluding hydrogens is 433 g/mol. The maximum absolute atomic E-state index is 13.2. The number of amides is 2. The first-order chi connectivity index (χ1) is 14.3. The molecule has 0 bridgehead atoms. The SMILES string of the molecule is N#CCNC(=O)[C@@H]1C[C@@H](S(=O)(=O)c2ccccc2Cl)CN1C(=O)c1ccc(F)cc1. The molecule has 2 atom stereocenters. The largest absolute Gasteiger partial charge is 0.341 e. The van der Waals surface area contributed by atoms with Gasteiger partial charge in [0.05, 0.1) is 21.2 Å². The lowest BCUT2D eigenvalue weighted by Crippen LogP contribution is -2.46. The molecule has 1 aliphatic rings. The van der Waals surface area contributed by atoms with Crippen LogP contribution in [0.2, 0.25) is 5.02 Å². The van der Waals surface area contributed by atoms with Crippen LogP contribution in [-0.4, -0.2) is 49.5 Å². The monoisotopic (exact) mass is 449 g/mol. The fraction of sp³-hybridized carbons (Fsp3) is 0.250. The Bertz CT molecular complexity index is 1120. The van der Waals surface area contributed by atoms with Gasteiger partial charge in [0.15, 0.2) is 9.84 Å². The van der Waals surface area contributed by atoms with Crippen molar-refractivity contribution < 1.29 is 22.4 Å². The second-order valence-electron chi connectivity index (χ2n) is 6.69. The van der Waals surface area contributed by atoms with E-state index in [4.69, 9.17) is 16.9 Å². The van der Waals surface area contributed by atoms with Crippen molar-refractivity contribution in [3.8, 4) is 6.07 Å². The molecule has 3 rings (SSSR count). The average Bonchev–Trinajstić information content (AvgIpc) is 3.18. The third kappa shape index (κ3) is 4.30. The standard InChI is InChI=1S/C20H17ClFN3O4S/c21-16-3-1-2-4-18(16)30(28,29)15-11-17(19(26)24-10-9-23)25(12-15)20(27)13-5-7-14(22)8-6-13/h1-8,15,17H,10-12H2,(H,24,26)/t15-,17+/m1/s1. The number of halogens is 2. The molecule has 0 unspecified atom stereocenters. The molecule has 0 radical (unpaired) electrons. The van der Waals surface area contributed by atoms with Gasteiger partial charge in [-0.1, -0.05) is 23.7 Å². The highest BCUT2D eigenvalue weighted by Crippen LogP contribution is 2.32. The number of hydrogen-bond donors (Lipinski definition) is 1. The van der Waals surface area contributed by atoms with Crippen molar-refractivity contribution in [3.05, 3.63) is 64.9 Å². The van der Waals surface area contributed by atoms with Crippen molar-refractivity contribution in [2.75, 3.05) is 13.1 Å². The minimum absolute atomic E-state index is 0.0475. The quantitative estimate of drug-likeness (QED) is 0.704. The van der Waals surface area contributed by atoms with Crippen LogP contribution in [0.15, 0.2) is 53.4 Å². The van der Waals surface area contributed by atoms with Gasteiger partial charge in [-0.05, 0) is 42.8 Å². The number of sulfone groups is 1. The second kappa shape index (κ2) is 8.81. The molecule has 2 aromatic rings. The number of nitrogens with one attached hydrogen (secondary N) is 1. The summed E-state index contributed by atoms with van der Waals surface area (Å²) in [5.41, 5.74) is 0.116. The minimum atomic E-state index is -3.94. The van der Waals surface area contributed by atoms with Gasteiger partial charge in [-0.15, -0.1) is 0 Å². The number of carbonyl (C=O) groups is 2. The number of carbonyl (C=O) groups excluding carboxylic acids is 2. The Morgan fingerprint density at radius 2 is 1.87 bits per heavy atom. The van der Waals surface area contributed by atoms with E-state index in [0.717, 1.165) is 17.0 Å². The summed E-state index contributed by atoms with van der Waals surface area (Å²) in [6.45, 7) is -0.524. The molecule has 7 nitrogen and oxygen atoms in total. The zero-order valence-corrected chi connectivity index (χ0v) is 17.2. The van der Waals surface area contributed by atoms with E-state index in [2.05, 4.69) is 5.32 Å². The molecule has 10 heteroatoms. The molecule has 0 spiro atoms. The van der Waals surface area contributed by atoms with Crippen LogP contribution < -0.4 is 5.32 Å². The highest BCUT2D eigenvalue weighted by atomic mass is 35.5. The normalized spacial score (nSPS) is 18.6. The molecule has 0 aromatic heterocycles. The van der Waals surface area contributed by atoms with Crippen LogP contribution in [-0.2, 0) is 14.6 Å². The van der Waals surface area contributed by atoms with Crippen LogP contribution in [0.25, 0.3) is 0 Å². The summed E-state index contributed by atoms with van der Waals surface area (Å²) in [7, 11) is -3.94. The summed E-state index contributed by atoms with van der Waals surface area (Å²) in [6, 6.07) is 11.3. The van der Waals surface area contributed by atoms with Crippen LogP contribution in [0.5, 0.6) is 0 Å². The number of nitriles is 1. The van der Waals surface area contributed by atoms with E-state index >= 15 is 0 Å². The van der Waals surface area contributed by atoms with Gasteiger partial charge in [-0.3, -0.25) is 9.59 Å². The Balaban J connectivity index is 1.95. The Labute approximate surface area is 178 Å². The predicted octanol–water partition coefficient (Wildman–Crippen LogP) is 2.18. The lowest BCUT2D eigenvalue weighted by atomic mass is 10.1. The predicted molar refractivity (Wildman–Crippen MR) is 107 cm³/mol. The van der Waals surface area contributed by atoms with Crippen molar-refractivity contribution in [3.63, 3.8) is 0 Å². The van der Waals surface area contributed by atoms with Crippen molar-refractivity contribution in [1.29, 1.82) is 5.26 Å². The van der Waals surface area contributed by atoms with Crippen LogP contribution in [0, 0.1) is 17.1 Å². The topological polar surface area (TPSA) is 107 Å². The average molecular weight is 450 g/mol. The van der Waals surface area contributed by atoms with E-state index in [1.807, 2.05) is 0 Å². The minimum Gasteiger partial charge on any atom is -0.341 e. The zero-order valence-electron chi connectivity index (χ0n) is 15.6. The van der Waals surface area contributed by atoms with Gasteiger partial charge in [-0.25, -0.2) is 12.8 Å². The molecule has 156 valence electrons. The molecule has 1 heterocycles. The molecule has 30 heavy (non-hydrogen) atoms. The van der Waals surface area contributed by atoms with E-state index in [1.54, 1.807) is 12.1 Å². The summed E-state index contributed by atoms with van der Waals surface area (Å²) in [5.74, 6) is -1.77. The van der Waals surface area contributed by atoms with Crippen LogP contribution in [0.4, 0.5) is 4.39 Å². The van der Waals surface area contributed by atoms with Crippen molar-refractivity contribution in [1.82, 2.24) is 10.2 Å². The van der Waals surface area contributed by atoms with Crippen molar-refractivity contribution >= 4 is 33.3 Å². The molecule has 1 saturated heterocycles. The zero-order chi connectivity index (χ0) is 21.9. The maximum Gasteiger partial charge on any atom is 0.254 e. The molecule has 1 fully saturated rings. The lowest BCUT2D eigenvalue weighted by molar-refractivity contribution is -0.124. The van der Waals surface area contributed by atoms with Crippen molar-refractivity contribution in [2.45, 2.75) is 22.6 Å². The summed E-state index contributed by atoms with van der Waals surface area (Å²) < 4.78 is 39.5. The van der Waals surface area contributed by atoms with E-state index in [1.165, 1.54) is 30.3 Å². The highest BCUT2D eigenvalue weighted by Gasteiger charge is 2.45. The Morgan fingerprint density at radius 3 is 2.50 bits per heavy atom. The molecule has 2 aromatic carbocycles. The molecular formula is C20H17ClFN3O4S. The van der Waals surface area contributed by atoms with Gasteiger partial charge in [0, 0.05) is 12.1 Å². The summed E-state index contributed by atoms with van der Waals surface area (Å²) in [6.07, 6.45) is -0.155. The van der Waals surface area contributed by atoms with Gasteiger partial charge in [0.2, 0.25) is 5.91 Å². The molecule has 1 N–H and O–H groups in total. The number of benzene rings is 2. The van der Waals surface area contributed by atoms with Gasteiger partial charge in [-0.2, -0.15) is 5.26 Å². The molecule has 2 amide bonds. The first kappa shape index (κ1) is 21.7. The Hall–Kier alpha value is -2.96. The van der Waals surface area contributed by atoms with Crippen LogP contribution >= 0.6 is 11.6 Å². The number of nitrogens with zero attached hydrogens (tertiary/aromatic N) is 2. The first-order valence-corrected chi connectivity index (χ1v) is 10.9. The maximum atomic E-state index is 13.2. The number of likely N-dealkylation sites (tertiary alicyclic amines) is 1. The molecule has 0 aliphatic carbocycles. The number of hydrogen-bond acceptors (Lipinski definition) is 5. The summed E-state index contributed by atoms with van der Waals surface area (Å²) >= 11 is 6.05. The van der Waals surface area contributed by atoms with E-state index in [-0.39, 0.29) is 35.0 Å². The first-order valence-electron chi connectivity index (χ1n) is 8.95. The van der Waals surface area contributed by atoms with Gasteiger partial charge in [0.25, 0.3) is 5.91 Å². The van der Waals surface area contributed by atoms with Gasteiger partial charge in [0.1, 0.15) is 18.4 Å². The van der Waals surface area contributed by atoms with Gasteiger partial charge < -0.3 is 10.2 Å². The molecule has 1 aliphatic heterocycles. The van der Waals surface area contributed by atoms with Crippen LogP contribution in [0.1, 0.15) is 16.8 Å². The second-order valence-corrected chi connectivity index (χ2v) is 9.29. The number of rotatable bonds is 5. The fourth-order valence-corrected chi connectivity index (χ4v) is 5.57. The smallest absolute Gasteiger partial charge is 0.254 e. The van der Waals surface area contributed by atoms with Gasteiger partial charge >= 0.3 is 0 Å². The Morgan fingerprint density at radius 1 is 1.20 bits per heavy atom. The summed E-state index contributed by atoms with van der Waals surface area (Å²) in [5, 5.41) is 10.1. The third-order valence-corrected chi connectivity index (χ3v) is 7.47. The third-order valence-electron chi connectivity index (χ3n) is 4.84. The lowest BCUT2D eigenvalue weighted by Gasteiger charge is -2.23. The van der Waals surface area contributed by atoms with Crippen molar-refractivity contribution in [2.24, 2.45) is 0 Å².